The Kier molecular flexibility index (Phi) is 3.06. The summed E-state index contributed by atoms with van der Waals surface area (Å²) < 4.78 is 5.32. The summed E-state index contributed by atoms with van der Waals surface area (Å²) in [6, 6.07) is 4.11. The van der Waals surface area contributed by atoms with Gasteiger partial charge in [-0.15, -0.1) is 0 Å². The van der Waals surface area contributed by atoms with Crippen LogP contribution in [0.5, 0.6) is 0 Å². The molecule has 0 spiro atoms. The van der Waals surface area contributed by atoms with Crippen LogP contribution in [0.2, 0.25) is 5.02 Å². The van der Waals surface area contributed by atoms with Crippen molar-refractivity contribution in [2.24, 2.45) is 0 Å². The molecule has 82 valence electrons. The molecule has 0 saturated heterocycles. The molecule has 0 saturated carbocycles. The summed E-state index contributed by atoms with van der Waals surface area (Å²) in [5, 5.41) is 14.5. The van der Waals surface area contributed by atoms with E-state index in [0.29, 0.717) is 9.39 Å². The van der Waals surface area contributed by atoms with Crippen molar-refractivity contribution in [2.75, 3.05) is 0 Å². The van der Waals surface area contributed by atoms with Gasteiger partial charge in [-0.05, 0) is 6.07 Å². The number of nitro groups is 1. The van der Waals surface area contributed by atoms with Gasteiger partial charge in [-0.25, -0.2) is 0 Å². The topological polar surface area (TPSA) is 82.1 Å². The van der Waals surface area contributed by atoms with Crippen molar-refractivity contribution in [3.05, 3.63) is 37.2 Å². The quantitative estimate of drug-likeness (QED) is 0.472. The maximum absolute atomic E-state index is 10.6. The third-order valence-electron chi connectivity index (χ3n) is 1.74. The van der Waals surface area contributed by atoms with Crippen LogP contribution in [-0.2, 0) is 0 Å². The van der Waals surface area contributed by atoms with Gasteiger partial charge in [-0.2, -0.15) is 4.98 Å². The molecule has 0 aliphatic heterocycles. The van der Waals surface area contributed by atoms with Crippen molar-refractivity contribution in [1.29, 1.82) is 0 Å². The maximum Gasteiger partial charge on any atom is 0.271 e. The zero-order valence-electron chi connectivity index (χ0n) is 7.55. The van der Waals surface area contributed by atoms with Crippen molar-refractivity contribution in [3.63, 3.8) is 0 Å². The summed E-state index contributed by atoms with van der Waals surface area (Å²) in [6.07, 6.45) is 0. The highest BCUT2D eigenvalue weighted by Crippen LogP contribution is 2.27. The number of benzene rings is 1. The van der Waals surface area contributed by atoms with Gasteiger partial charge in [0.25, 0.3) is 11.6 Å². The molecule has 0 aliphatic carbocycles. The standard InChI is InChI=1S/C8H3ClIN3O3/c9-5-1-4(2-6(3-5)13(14)15)7-11-8(10)12-16-7/h1-3H. The Labute approximate surface area is 108 Å². The first-order chi connectivity index (χ1) is 7.56. The first kappa shape index (κ1) is 11.3. The zero-order chi connectivity index (χ0) is 11.7. The third kappa shape index (κ3) is 2.30. The summed E-state index contributed by atoms with van der Waals surface area (Å²) >= 11 is 7.63. The molecule has 0 fully saturated rings. The van der Waals surface area contributed by atoms with Gasteiger partial charge in [0.1, 0.15) is 0 Å². The predicted octanol–water partition coefficient (Wildman–Crippen LogP) is 2.90. The summed E-state index contributed by atoms with van der Waals surface area (Å²) in [4.78, 5) is 14.0. The molecule has 0 amide bonds. The molecule has 8 heteroatoms. The minimum absolute atomic E-state index is 0.115. The molecule has 1 heterocycles. The Balaban J connectivity index is 2.53. The Bertz CT molecular complexity index is 557. The Morgan fingerprint density at radius 3 is 2.75 bits per heavy atom. The zero-order valence-corrected chi connectivity index (χ0v) is 10.5. The first-order valence-corrected chi connectivity index (χ1v) is 5.46. The van der Waals surface area contributed by atoms with Gasteiger partial charge in [-0.3, -0.25) is 10.1 Å². The Morgan fingerprint density at radius 1 is 1.44 bits per heavy atom. The molecule has 1 aromatic carbocycles. The molecular formula is C8H3ClIN3O3. The van der Waals surface area contributed by atoms with E-state index >= 15 is 0 Å². The third-order valence-corrected chi connectivity index (χ3v) is 2.40. The van der Waals surface area contributed by atoms with Crippen molar-refractivity contribution in [2.45, 2.75) is 0 Å². The lowest BCUT2D eigenvalue weighted by Gasteiger charge is -1.96. The summed E-state index contributed by atoms with van der Waals surface area (Å²) in [5.41, 5.74) is 0.310. The highest BCUT2D eigenvalue weighted by atomic mass is 127. The second kappa shape index (κ2) is 4.34. The number of nitro benzene ring substituents is 1. The lowest BCUT2D eigenvalue weighted by atomic mass is 10.2. The van der Waals surface area contributed by atoms with E-state index in [1.165, 1.54) is 18.2 Å². The van der Waals surface area contributed by atoms with E-state index in [9.17, 15) is 10.1 Å². The van der Waals surface area contributed by atoms with Gasteiger partial charge < -0.3 is 4.52 Å². The second-order valence-corrected chi connectivity index (χ2v) is 4.23. The average Bonchev–Trinajstić information content (AvgIpc) is 2.64. The van der Waals surface area contributed by atoms with Gasteiger partial charge in [-0.1, -0.05) is 16.8 Å². The van der Waals surface area contributed by atoms with E-state index in [0.717, 1.165) is 0 Å². The first-order valence-electron chi connectivity index (χ1n) is 4.01. The molecule has 1 aromatic heterocycles. The second-order valence-electron chi connectivity index (χ2n) is 2.82. The van der Waals surface area contributed by atoms with Crippen molar-refractivity contribution in [3.8, 4) is 11.5 Å². The number of nitrogens with zero attached hydrogens (tertiary/aromatic N) is 3. The van der Waals surface area contributed by atoms with E-state index in [2.05, 4.69) is 10.1 Å². The lowest BCUT2D eigenvalue weighted by molar-refractivity contribution is -0.384. The summed E-state index contributed by atoms with van der Waals surface area (Å²) in [6.45, 7) is 0. The van der Waals surface area contributed by atoms with Crippen LogP contribution in [0.3, 0.4) is 0 Å². The number of non-ortho nitro benzene ring substituents is 1. The maximum atomic E-state index is 10.6. The molecule has 0 bridgehead atoms. The van der Waals surface area contributed by atoms with Crippen LogP contribution >= 0.6 is 34.2 Å². The van der Waals surface area contributed by atoms with Crippen LogP contribution in [0.1, 0.15) is 0 Å². The Morgan fingerprint density at radius 2 is 2.19 bits per heavy atom. The monoisotopic (exact) mass is 351 g/mol. The van der Waals surface area contributed by atoms with Crippen molar-refractivity contribution >= 4 is 39.9 Å². The fraction of sp³-hybridized carbons (Fsp3) is 0. The largest absolute Gasteiger partial charge is 0.333 e. The molecule has 2 aromatic rings. The summed E-state index contributed by atoms with van der Waals surface area (Å²) in [7, 11) is 0. The minimum Gasteiger partial charge on any atom is -0.333 e. The molecule has 2 rings (SSSR count). The minimum atomic E-state index is -0.531. The van der Waals surface area contributed by atoms with Crippen LogP contribution < -0.4 is 0 Å². The van der Waals surface area contributed by atoms with E-state index in [1.807, 2.05) is 22.6 Å². The number of halogens is 2. The Hall–Kier alpha value is -1.22. The smallest absolute Gasteiger partial charge is 0.271 e. The highest BCUT2D eigenvalue weighted by molar-refractivity contribution is 14.1. The predicted molar refractivity (Wildman–Crippen MR) is 64.1 cm³/mol. The highest BCUT2D eigenvalue weighted by Gasteiger charge is 2.14. The van der Waals surface area contributed by atoms with Gasteiger partial charge >= 0.3 is 0 Å². The SMILES string of the molecule is O=[N+]([O-])c1cc(Cl)cc(-c2nc(I)no2)c1. The number of hydrogen-bond acceptors (Lipinski definition) is 5. The molecule has 6 nitrogen and oxygen atoms in total. The van der Waals surface area contributed by atoms with Crippen LogP contribution in [-0.4, -0.2) is 15.1 Å². The van der Waals surface area contributed by atoms with E-state index < -0.39 is 4.92 Å². The van der Waals surface area contributed by atoms with Gasteiger partial charge in [0.2, 0.25) is 3.83 Å². The lowest BCUT2D eigenvalue weighted by Crippen LogP contribution is -1.89. The normalized spacial score (nSPS) is 10.4. The van der Waals surface area contributed by atoms with Crippen LogP contribution in [0, 0.1) is 13.9 Å². The van der Waals surface area contributed by atoms with Crippen molar-refractivity contribution in [1.82, 2.24) is 10.1 Å². The molecule has 0 unspecified atom stereocenters. The summed E-state index contributed by atoms with van der Waals surface area (Å²) in [5.74, 6) is 0.204. The number of hydrogen-bond donors (Lipinski definition) is 0. The van der Waals surface area contributed by atoms with Crippen molar-refractivity contribution < 1.29 is 9.45 Å². The van der Waals surface area contributed by atoms with E-state index in [1.54, 1.807) is 0 Å². The van der Waals surface area contributed by atoms with E-state index in [4.69, 9.17) is 16.1 Å². The molecule has 0 radical (unpaired) electrons. The molecular weight excluding hydrogens is 348 g/mol. The molecule has 16 heavy (non-hydrogen) atoms. The van der Waals surface area contributed by atoms with Gasteiger partial charge in [0.15, 0.2) is 0 Å². The average molecular weight is 351 g/mol. The fourth-order valence-corrected chi connectivity index (χ4v) is 1.67. The van der Waals surface area contributed by atoms with Crippen LogP contribution in [0.25, 0.3) is 11.5 Å². The molecule has 0 atom stereocenters. The fourth-order valence-electron chi connectivity index (χ4n) is 1.13. The van der Waals surface area contributed by atoms with Gasteiger partial charge in [0, 0.05) is 45.3 Å². The number of aromatic nitrogens is 2. The van der Waals surface area contributed by atoms with E-state index in [-0.39, 0.29) is 16.6 Å². The molecule has 0 aliphatic rings. The van der Waals surface area contributed by atoms with Gasteiger partial charge in [0.05, 0.1) is 4.92 Å². The van der Waals surface area contributed by atoms with Crippen LogP contribution in [0.15, 0.2) is 22.7 Å². The van der Waals surface area contributed by atoms with Crippen LogP contribution in [0.4, 0.5) is 5.69 Å². The molecule has 0 N–H and O–H groups in total. The number of rotatable bonds is 2.